The number of carbonyl (C=O) groups excluding carboxylic acids is 2. The number of amides is 2. The number of aryl methyl sites for hydroxylation is 1. The first-order valence-electron chi connectivity index (χ1n) is 10.3. The summed E-state index contributed by atoms with van der Waals surface area (Å²) < 4.78 is 27.4. The number of aliphatic hydroxyl groups is 1. The monoisotopic (exact) mass is 457 g/mol. The molecule has 2 atom stereocenters. The van der Waals surface area contributed by atoms with Crippen molar-refractivity contribution in [2.24, 2.45) is 0 Å². The normalized spacial score (nSPS) is 18.8. The van der Waals surface area contributed by atoms with Gasteiger partial charge in [0.2, 0.25) is 21.8 Å². The van der Waals surface area contributed by atoms with Crippen LogP contribution < -0.4 is 10.6 Å². The smallest absolute Gasteiger partial charge is 0.243 e. The van der Waals surface area contributed by atoms with Crippen molar-refractivity contribution in [1.82, 2.24) is 9.62 Å². The molecular weight excluding hydrogens is 430 g/mol. The second-order valence-electron chi connectivity index (χ2n) is 7.61. The van der Waals surface area contributed by atoms with Gasteiger partial charge >= 0.3 is 0 Å². The molecule has 2 unspecified atom stereocenters. The molecule has 0 radical (unpaired) electrons. The standard InChI is InChI=1S/C23H27N3O5S/c1-2-22(28)25-19-14-20(16-27)26(15-19)32(30,31)21-11-9-18(10-12-21)24-23(29)13-8-17-6-4-3-5-7-17/h2-7,9-12,19-20,27H,1,8,13-16H2,(H,24,29)(H,25,28). The van der Waals surface area contributed by atoms with Gasteiger partial charge in [-0.25, -0.2) is 8.42 Å². The molecule has 0 spiro atoms. The molecule has 2 amide bonds. The van der Waals surface area contributed by atoms with E-state index in [4.69, 9.17) is 0 Å². The van der Waals surface area contributed by atoms with Gasteiger partial charge < -0.3 is 15.7 Å². The van der Waals surface area contributed by atoms with Crippen molar-refractivity contribution in [3.8, 4) is 0 Å². The number of anilines is 1. The van der Waals surface area contributed by atoms with E-state index in [0.717, 1.165) is 11.6 Å². The summed E-state index contributed by atoms with van der Waals surface area (Å²) in [6, 6.07) is 14.6. The number of rotatable bonds is 9. The van der Waals surface area contributed by atoms with Crippen LogP contribution in [0.5, 0.6) is 0 Å². The maximum Gasteiger partial charge on any atom is 0.243 e. The van der Waals surface area contributed by atoms with Crippen molar-refractivity contribution in [3.63, 3.8) is 0 Å². The van der Waals surface area contributed by atoms with Crippen molar-refractivity contribution in [1.29, 1.82) is 0 Å². The molecule has 0 bridgehead atoms. The molecule has 9 heteroatoms. The van der Waals surface area contributed by atoms with Gasteiger partial charge in [-0.05, 0) is 48.7 Å². The maximum absolute atomic E-state index is 13.1. The van der Waals surface area contributed by atoms with Crippen LogP contribution in [0.4, 0.5) is 5.69 Å². The Morgan fingerprint density at radius 2 is 1.81 bits per heavy atom. The Bertz CT molecular complexity index is 1050. The van der Waals surface area contributed by atoms with Crippen LogP contribution in [0.15, 0.2) is 72.1 Å². The lowest BCUT2D eigenvalue weighted by atomic mass is 10.1. The van der Waals surface area contributed by atoms with Crippen molar-refractivity contribution < 1.29 is 23.1 Å². The minimum atomic E-state index is -3.88. The minimum absolute atomic E-state index is 0.0499. The molecular formula is C23H27N3O5S. The maximum atomic E-state index is 13.1. The molecule has 0 saturated carbocycles. The summed E-state index contributed by atoms with van der Waals surface area (Å²) in [5.41, 5.74) is 1.56. The third kappa shape index (κ3) is 5.82. The van der Waals surface area contributed by atoms with Gasteiger partial charge in [-0.1, -0.05) is 36.9 Å². The van der Waals surface area contributed by atoms with Gasteiger partial charge in [0.05, 0.1) is 17.5 Å². The first-order valence-corrected chi connectivity index (χ1v) is 11.8. The average Bonchev–Trinajstić information content (AvgIpc) is 3.22. The summed E-state index contributed by atoms with van der Waals surface area (Å²) in [7, 11) is -3.88. The highest BCUT2D eigenvalue weighted by Gasteiger charge is 2.40. The fourth-order valence-electron chi connectivity index (χ4n) is 3.68. The Morgan fingerprint density at radius 3 is 2.44 bits per heavy atom. The average molecular weight is 458 g/mol. The molecule has 1 fully saturated rings. The van der Waals surface area contributed by atoms with Gasteiger partial charge in [-0.3, -0.25) is 9.59 Å². The van der Waals surface area contributed by atoms with Gasteiger partial charge in [0.15, 0.2) is 0 Å². The molecule has 1 aliphatic rings. The second-order valence-corrected chi connectivity index (χ2v) is 9.51. The predicted octanol–water partition coefficient (Wildman–Crippen LogP) is 1.68. The fourth-order valence-corrected chi connectivity index (χ4v) is 5.36. The van der Waals surface area contributed by atoms with Crippen LogP contribution in [0.25, 0.3) is 0 Å². The summed E-state index contributed by atoms with van der Waals surface area (Å²) >= 11 is 0. The molecule has 2 aromatic carbocycles. The van der Waals surface area contributed by atoms with Gasteiger partial charge in [0.1, 0.15) is 0 Å². The Labute approximate surface area is 188 Å². The molecule has 1 aliphatic heterocycles. The van der Waals surface area contributed by atoms with Crippen molar-refractivity contribution >= 4 is 27.5 Å². The van der Waals surface area contributed by atoms with E-state index in [1.165, 1.54) is 28.6 Å². The van der Waals surface area contributed by atoms with Gasteiger partial charge in [-0.15, -0.1) is 0 Å². The van der Waals surface area contributed by atoms with Crippen LogP contribution in [0.1, 0.15) is 18.4 Å². The lowest BCUT2D eigenvalue weighted by molar-refractivity contribution is -0.117. The third-order valence-electron chi connectivity index (χ3n) is 5.33. The van der Waals surface area contributed by atoms with Gasteiger partial charge in [0, 0.05) is 24.7 Å². The van der Waals surface area contributed by atoms with Gasteiger partial charge in [-0.2, -0.15) is 4.31 Å². The molecule has 8 nitrogen and oxygen atoms in total. The lowest BCUT2D eigenvalue weighted by Crippen LogP contribution is -2.39. The minimum Gasteiger partial charge on any atom is -0.395 e. The highest BCUT2D eigenvalue weighted by atomic mass is 32.2. The summed E-state index contributed by atoms with van der Waals surface area (Å²) in [5.74, 6) is -0.552. The number of aliphatic hydroxyl groups excluding tert-OH is 1. The van der Waals surface area contributed by atoms with Crippen LogP contribution in [0, 0.1) is 0 Å². The number of nitrogens with zero attached hydrogens (tertiary/aromatic N) is 1. The SMILES string of the molecule is C=CC(=O)NC1CC(CO)N(S(=O)(=O)c2ccc(NC(=O)CCc3ccccc3)cc2)C1. The van der Waals surface area contributed by atoms with E-state index in [2.05, 4.69) is 17.2 Å². The van der Waals surface area contributed by atoms with Crippen LogP contribution in [0.3, 0.4) is 0 Å². The van der Waals surface area contributed by atoms with E-state index in [-0.39, 0.29) is 24.0 Å². The summed E-state index contributed by atoms with van der Waals surface area (Å²) in [4.78, 5) is 23.8. The molecule has 32 heavy (non-hydrogen) atoms. The molecule has 1 heterocycles. The summed E-state index contributed by atoms with van der Waals surface area (Å²) in [6.45, 7) is 3.10. The first-order chi connectivity index (χ1) is 15.3. The number of sulfonamides is 1. The van der Waals surface area contributed by atoms with Crippen LogP contribution in [0.2, 0.25) is 0 Å². The second kappa shape index (κ2) is 10.5. The zero-order valence-corrected chi connectivity index (χ0v) is 18.4. The first kappa shape index (κ1) is 23.6. The predicted molar refractivity (Wildman–Crippen MR) is 121 cm³/mol. The number of hydrogen-bond donors (Lipinski definition) is 3. The molecule has 0 aromatic heterocycles. The lowest BCUT2D eigenvalue weighted by Gasteiger charge is -2.22. The van der Waals surface area contributed by atoms with E-state index in [1.54, 1.807) is 0 Å². The zero-order valence-electron chi connectivity index (χ0n) is 17.6. The highest BCUT2D eigenvalue weighted by Crippen LogP contribution is 2.27. The van der Waals surface area contributed by atoms with Crippen molar-refractivity contribution in [3.05, 3.63) is 72.8 Å². The fraction of sp³-hybridized carbons (Fsp3) is 0.304. The Hall–Kier alpha value is -3.01. The Balaban J connectivity index is 1.63. The summed E-state index contributed by atoms with van der Waals surface area (Å²) in [5, 5.41) is 15.1. The number of hydrogen-bond acceptors (Lipinski definition) is 5. The number of carbonyl (C=O) groups is 2. The molecule has 3 rings (SSSR count). The highest BCUT2D eigenvalue weighted by molar-refractivity contribution is 7.89. The van der Waals surface area contributed by atoms with Crippen LogP contribution in [-0.4, -0.2) is 54.9 Å². The molecule has 170 valence electrons. The van der Waals surface area contributed by atoms with Crippen molar-refractivity contribution in [2.75, 3.05) is 18.5 Å². The van der Waals surface area contributed by atoms with Crippen molar-refractivity contribution in [2.45, 2.75) is 36.2 Å². The largest absolute Gasteiger partial charge is 0.395 e. The Kier molecular flexibility index (Phi) is 7.79. The molecule has 2 aromatic rings. The van der Waals surface area contributed by atoms with Crippen LogP contribution >= 0.6 is 0 Å². The molecule has 0 aliphatic carbocycles. The topological polar surface area (TPSA) is 116 Å². The molecule has 1 saturated heterocycles. The summed E-state index contributed by atoms with van der Waals surface area (Å²) in [6.07, 6.45) is 2.36. The molecule has 3 N–H and O–H groups in total. The van der Waals surface area contributed by atoms with E-state index in [0.29, 0.717) is 24.9 Å². The zero-order chi connectivity index (χ0) is 23.1. The van der Waals surface area contributed by atoms with E-state index < -0.39 is 28.0 Å². The van der Waals surface area contributed by atoms with E-state index >= 15 is 0 Å². The Morgan fingerprint density at radius 1 is 1.12 bits per heavy atom. The van der Waals surface area contributed by atoms with E-state index in [9.17, 15) is 23.1 Å². The number of nitrogens with one attached hydrogen (secondary N) is 2. The van der Waals surface area contributed by atoms with Crippen LogP contribution in [-0.2, 0) is 26.0 Å². The third-order valence-corrected chi connectivity index (χ3v) is 7.27. The van der Waals surface area contributed by atoms with Gasteiger partial charge in [0.25, 0.3) is 0 Å². The quantitative estimate of drug-likeness (QED) is 0.496. The number of benzene rings is 2. The van der Waals surface area contributed by atoms with E-state index in [1.807, 2.05) is 30.3 Å².